The van der Waals surface area contributed by atoms with E-state index in [1.165, 1.54) is 28.5 Å². The first-order chi connectivity index (χ1) is 8.33. The number of pyridine rings is 1. The zero-order valence-corrected chi connectivity index (χ0v) is 10.6. The van der Waals surface area contributed by atoms with Crippen LogP contribution in [0.25, 0.3) is 10.8 Å². The van der Waals surface area contributed by atoms with Gasteiger partial charge in [0.05, 0.1) is 0 Å². The minimum Gasteiger partial charge on any atom is -0.261 e. The van der Waals surface area contributed by atoms with Gasteiger partial charge in [-0.05, 0) is 44.1 Å². The third-order valence-electron chi connectivity index (χ3n) is 3.15. The van der Waals surface area contributed by atoms with Crippen LogP contribution in [0.15, 0.2) is 42.6 Å². The van der Waals surface area contributed by atoms with Crippen LogP contribution in [0.5, 0.6) is 0 Å². The molecule has 0 unspecified atom stereocenters. The fourth-order valence-corrected chi connectivity index (χ4v) is 2.20. The highest BCUT2D eigenvalue weighted by Gasteiger charge is 2.04. The molecule has 2 aromatic rings. The smallest absolute Gasteiger partial charge is 0.0411 e. The number of benzene rings is 1. The maximum atomic E-state index is 4.49. The standard InChI is InChI=1S/C16H19N/c1-3-4-5-6-10-15-13(2)17-12-14-9-7-8-11-16(14)15/h3-4,7-9,11-12H,5-6,10H2,1-2H3/b4-3+. The van der Waals surface area contributed by atoms with Gasteiger partial charge in [-0.3, -0.25) is 4.98 Å². The van der Waals surface area contributed by atoms with Gasteiger partial charge in [-0.2, -0.15) is 0 Å². The van der Waals surface area contributed by atoms with E-state index >= 15 is 0 Å². The molecule has 0 saturated heterocycles. The first-order valence-corrected chi connectivity index (χ1v) is 6.27. The molecule has 1 heterocycles. The Hall–Kier alpha value is -1.63. The maximum Gasteiger partial charge on any atom is 0.0411 e. The molecule has 17 heavy (non-hydrogen) atoms. The monoisotopic (exact) mass is 225 g/mol. The highest BCUT2D eigenvalue weighted by molar-refractivity contribution is 5.85. The van der Waals surface area contributed by atoms with Gasteiger partial charge in [0.1, 0.15) is 0 Å². The second-order valence-electron chi connectivity index (χ2n) is 4.37. The van der Waals surface area contributed by atoms with E-state index in [-0.39, 0.29) is 0 Å². The van der Waals surface area contributed by atoms with E-state index in [1.807, 2.05) is 6.20 Å². The normalized spacial score (nSPS) is 11.4. The molecular formula is C16H19N. The van der Waals surface area contributed by atoms with Gasteiger partial charge in [0.15, 0.2) is 0 Å². The van der Waals surface area contributed by atoms with Crippen molar-refractivity contribution in [1.29, 1.82) is 0 Å². The van der Waals surface area contributed by atoms with E-state index in [0.717, 1.165) is 12.8 Å². The lowest BCUT2D eigenvalue weighted by Crippen LogP contribution is -1.94. The molecule has 0 fully saturated rings. The van der Waals surface area contributed by atoms with Gasteiger partial charge >= 0.3 is 0 Å². The minimum absolute atomic E-state index is 1.12. The van der Waals surface area contributed by atoms with Crippen LogP contribution in [0, 0.1) is 6.92 Å². The second kappa shape index (κ2) is 5.62. The van der Waals surface area contributed by atoms with Crippen molar-refractivity contribution in [2.75, 3.05) is 0 Å². The molecule has 0 radical (unpaired) electrons. The summed E-state index contributed by atoms with van der Waals surface area (Å²) in [4.78, 5) is 4.49. The molecule has 0 atom stereocenters. The van der Waals surface area contributed by atoms with Crippen molar-refractivity contribution in [1.82, 2.24) is 4.98 Å². The van der Waals surface area contributed by atoms with Gasteiger partial charge in [0.2, 0.25) is 0 Å². The van der Waals surface area contributed by atoms with E-state index in [9.17, 15) is 0 Å². The summed E-state index contributed by atoms with van der Waals surface area (Å²) in [5, 5.41) is 2.61. The number of fused-ring (bicyclic) bond motifs is 1. The first-order valence-electron chi connectivity index (χ1n) is 6.27. The van der Waals surface area contributed by atoms with E-state index in [2.05, 4.69) is 55.2 Å². The zero-order chi connectivity index (χ0) is 12.1. The zero-order valence-electron chi connectivity index (χ0n) is 10.6. The maximum absolute atomic E-state index is 4.49. The van der Waals surface area contributed by atoms with E-state index in [4.69, 9.17) is 0 Å². The Morgan fingerprint density at radius 1 is 1.24 bits per heavy atom. The molecule has 1 aromatic heterocycles. The molecule has 1 aromatic carbocycles. The van der Waals surface area contributed by atoms with Crippen molar-refractivity contribution in [3.8, 4) is 0 Å². The Kier molecular flexibility index (Phi) is 3.92. The van der Waals surface area contributed by atoms with E-state index < -0.39 is 0 Å². The molecule has 0 aliphatic heterocycles. The fourth-order valence-electron chi connectivity index (χ4n) is 2.20. The van der Waals surface area contributed by atoms with Crippen molar-refractivity contribution < 1.29 is 0 Å². The summed E-state index contributed by atoms with van der Waals surface area (Å²) in [7, 11) is 0. The Morgan fingerprint density at radius 3 is 2.88 bits per heavy atom. The van der Waals surface area contributed by atoms with Crippen molar-refractivity contribution >= 4 is 10.8 Å². The lowest BCUT2D eigenvalue weighted by Gasteiger charge is -2.08. The van der Waals surface area contributed by atoms with Gasteiger partial charge < -0.3 is 0 Å². The summed E-state index contributed by atoms with van der Waals surface area (Å²) in [6, 6.07) is 8.52. The fraction of sp³-hybridized carbons (Fsp3) is 0.312. The summed E-state index contributed by atoms with van der Waals surface area (Å²) < 4.78 is 0. The average molecular weight is 225 g/mol. The van der Waals surface area contributed by atoms with E-state index in [0.29, 0.717) is 0 Å². The molecule has 0 amide bonds. The summed E-state index contributed by atoms with van der Waals surface area (Å²) >= 11 is 0. The molecule has 0 N–H and O–H groups in total. The third kappa shape index (κ3) is 2.73. The first kappa shape index (κ1) is 11.8. The lowest BCUT2D eigenvalue weighted by atomic mass is 10.00. The van der Waals surface area contributed by atoms with Crippen molar-refractivity contribution in [2.45, 2.75) is 33.1 Å². The highest BCUT2D eigenvalue weighted by Crippen LogP contribution is 2.21. The molecular weight excluding hydrogens is 206 g/mol. The van der Waals surface area contributed by atoms with Crippen molar-refractivity contribution in [3.63, 3.8) is 0 Å². The SMILES string of the molecule is C/C=C/CCCc1c(C)ncc2ccccc12. The van der Waals surface area contributed by atoms with Crippen LogP contribution in [0.1, 0.15) is 31.0 Å². The van der Waals surface area contributed by atoms with Crippen LogP contribution in [-0.4, -0.2) is 4.98 Å². The topological polar surface area (TPSA) is 12.9 Å². The largest absolute Gasteiger partial charge is 0.261 e. The Labute approximate surface area is 103 Å². The Morgan fingerprint density at radius 2 is 2.06 bits per heavy atom. The Balaban J connectivity index is 2.28. The van der Waals surface area contributed by atoms with Gasteiger partial charge in [-0.15, -0.1) is 0 Å². The minimum atomic E-state index is 1.12. The molecule has 0 bridgehead atoms. The summed E-state index contributed by atoms with van der Waals surface area (Å²) in [5.74, 6) is 0. The predicted octanol–water partition coefficient (Wildman–Crippen LogP) is 4.44. The number of hydrogen-bond acceptors (Lipinski definition) is 1. The molecule has 0 aliphatic carbocycles. The number of rotatable bonds is 4. The number of unbranched alkanes of at least 4 members (excludes halogenated alkanes) is 1. The molecule has 0 spiro atoms. The third-order valence-corrected chi connectivity index (χ3v) is 3.15. The summed E-state index contributed by atoms with van der Waals surface area (Å²) in [6.45, 7) is 4.18. The average Bonchev–Trinajstić information content (AvgIpc) is 2.37. The lowest BCUT2D eigenvalue weighted by molar-refractivity contribution is 0.836. The quantitative estimate of drug-likeness (QED) is 0.553. The van der Waals surface area contributed by atoms with Crippen LogP contribution >= 0.6 is 0 Å². The van der Waals surface area contributed by atoms with Crippen LogP contribution in [-0.2, 0) is 6.42 Å². The second-order valence-corrected chi connectivity index (χ2v) is 4.37. The van der Waals surface area contributed by atoms with Gasteiger partial charge in [0, 0.05) is 17.3 Å². The number of allylic oxidation sites excluding steroid dienone is 2. The molecule has 0 aliphatic rings. The summed E-state index contributed by atoms with van der Waals surface area (Å²) in [6.07, 6.45) is 9.78. The van der Waals surface area contributed by atoms with Crippen LogP contribution in [0.3, 0.4) is 0 Å². The van der Waals surface area contributed by atoms with Gasteiger partial charge in [-0.1, -0.05) is 36.4 Å². The van der Waals surface area contributed by atoms with Crippen LogP contribution in [0.4, 0.5) is 0 Å². The van der Waals surface area contributed by atoms with Crippen LogP contribution < -0.4 is 0 Å². The number of nitrogens with zero attached hydrogens (tertiary/aromatic N) is 1. The summed E-state index contributed by atoms with van der Waals surface area (Å²) in [5.41, 5.74) is 2.58. The number of hydrogen-bond donors (Lipinski definition) is 0. The predicted molar refractivity (Wildman–Crippen MR) is 74.2 cm³/mol. The van der Waals surface area contributed by atoms with Crippen LogP contribution in [0.2, 0.25) is 0 Å². The van der Waals surface area contributed by atoms with E-state index in [1.54, 1.807) is 0 Å². The number of aromatic nitrogens is 1. The van der Waals surface area contributed by atoms with Gasteiger partial charge in [-0.25, -0.2) is 0 Å². The van der Waals surface area contributed by atoms with Gasteiger partial charge in [0.25, 0.3) is 0 Å². The number of aryl methyl sites for hydroxylation is 2. The molecule has 1 heteroatoms. The van der Waals surface area contributed by atoms with Crippen molar-refractivity contribution in [3.05, 3.63) is 53.9 Å². The molecule has 88 valence electrons. The molecule has 1 nitrogen and oxygen atoms in total. The Bertz CT molecular complexity index is 526. The molecule has 2 rings (SSSR count). The van der Waals surface area contributed by atoms with Crippen molar-refractivity contribution in [2.24, 2.45) is 0 Å². The molecule has 0 saturated carbocycles. The highest BCUT2D eigenvalue weighted by atomic mass is 14.7.